The molecule has 1 aromatic rings. The average Bonchev–Trinajstić information content (AvgIpc) is 3.56. The predicted octanol–water partition coefficient (Wildman–Crippen LogP) is 7.56. The summed E-state index contributed by atoms with van der Waals surface area (Å²) in [6, 6.07) is 6.66. The molecule has 324 valence electrons. The van der Waals surface area contributed by atoms with Crippen molar-refractivity contribution in [1.82, 2.24) is 4.90 Å². The zero-order chi connectivity index (χ0) is 41.0. The Labute approximate surface area is 344 Å². The maximum Gasteiger partial charge on any atom is 0.409 e. The van der Waals surface area contributed by atoms with Gasteiger partial charge in [-0.25, -0.2) is 32.8 Å². The van der Waals surface area contributed by atoms with Crippen molar-refractivity contribution in [2.45, 2.75) is 165 Å². The molecule has 10 fully saturated rings. The van der Waals surface area contributed by atoms with Gasteiger partial charge < -0.3 is 28.6 Å². The van der Waals surface area contributed by atoms with Crippen LogP contribution >= 0.6 is 0 Å². The second-order valence-electron chi connectivity index (χ2n) is 20.1. The van der Waals surface area contributed by atoms with E-state index in [-0.39, 0.29) is 70.9 Å². The molecule has 0 radical (unpaired) electrons. The van der Waals surface area contributed by atoms with Crippen molar-refractivity contribution in [3.63, 3.8) is 0 Å². The molecule has 13 nitrogen and oxygen atoms in total. The molecule has 4 bridgehead atoms. The first-order chi connectivity index (χ1) is 27.5. The van der Waals surface area contributed by atoms with Crippen LogP contribution in [0.25, 0.3) is 0 Å². The number of ether oxygens (including phenoxy) is 5. The molecule has 3 unspecified atom stereocenters. The van der Waals surface area contributed by atoms with Gasteiger partial charge in [0.2, 0.25) is 11.6 Å². The standard InChI is InChI=1S/C44H65NO12S/c1-25-9-15-34-27(3)36(50-38-43(34)32(25)17-19-41(5,52-38)54-56-43)21-30(24-58(47,48)31-13-11-29(12-14-31)23-49-40(46)45(7)8)22-37-28(4)35-16-10-26(2)33-18-20-42(6)53-39(51-37)44(33,35)57-55-42/h11-14,25-28,30,32-39H,9-10,15-24H2,1-8H3/t25-,26+,27-,28+,30?,32+,33-,34+,35-,36?,37?,38+,39-,41-,42+,43-,44+. The van der Waals surface area contributed by atoms with E-state index in [2.05, 4.69) is 27.7 Å². The number of hydrogen-bond acceptors (Lipinski definition) is 12. The summed E-state index contributed by atoms with van der Waals surface area (Å²) in [6.07, 6.45) is 6.22. The molecule has 1 amide bonds. The van der Waals surface area contributed by atoms with E-state index in [4.69, 9.17) is 43.2 Å². The van der Waals surface area contributed by atoms with E-state index >= 15 is 0 Å². The van der Waals surface area contributed by atoms with Crippen LogP contribution < -0.4 is 0 Å². The molecule has 0 N–H and O–H groups in total. The summed E-state index contributed by atoms with van der Waals surface area (Å²) in [7, 11) is -0.544. The fraction of sp³-hybridized carbons (Fsp3) is 0.841. The fourth-order valence-corrected chi connectivity index (χ4v) is 14.5. The maximum absolute atomic E-state index is 14.5. The number of nitrogens with zero attached hydrogens (tertiary/aromatic N) is 1. The lowest BCUT2D eigenvalue weighted by Crippen LogP contribution is -2.70. The van der Waals surface area contributed by atoms with Crippen molar-refractivity contribution in [1.29, 1.82) is 0 Å². The van der Waals surface area contributed by atoms with Crippen LogP contribution in [-0.4, -0.2) is 86.8 Å². The van der Waals surface area contributed by atoms with Gasteiger partial charge in [-0.15, -0.1) is 0 Å². The highest BCUT2D eigenvalue weighted by Gasteiger charge is 2.71. The molecule has 2 saturated carbocycles. The molecular formula is C44H65NO12S. The lowest BCUT2D eigenvalue weighted by Gasteiger charge is -2.61. The summed E-state index contributed by atoms with van der Waals surface area (Å²) < 4.78 is 61.9. The molecule has 2 spiro atoms. The van der Waals surface area contributed by atoms with E-state index < -0.39 is 51.3 Å². The molecule has 0 aromatic heterocycles. The lowest BCUT2D eigenvalue weighted by molar-refractivity contribution is -0.571. The largest absolute Gasteiger partial charge is 0.445 e. The first-order valence-electron chi connectivity index (χ1n) is 22.0. The number of rotatable bonds is 9. The van der Waals surface area contributed by atoms with Crippen molar-refractivity contribution >= 4 is 15.9 Å². The number of carbonyl (C=O) groups is 1. The van der Waals surface area contributed by atoms with Gasteiger partial charge in [0.25, 0.3) is 0 Å². The van der Waals surface area contributed by atoms with Gasteiger partial charge in [-0.1, -0.05) is 39.8 Å². The molecule has 11 rings (SSSR count). The van der Waals surface area contributed by atoms with E-state index in [1.807, 2.05) is 13.8 Å². The molecule has 8 heterocycles. The molecule has 58 heavy (non-hydrogen) atoms. The number of benzene rings is 1. The topological polar surface area (TPSA) is 138 Å². The van der Waals surface area contributed by atoms with Crippen molar-refractivity contribution in [2.75, 3.05) is 19.8 Å². The fourth-order valence-electron chi connectivity index (χ4n) is 12.9. The van der Waals surface area contributed by atoms with E-state index in [0.29, 0.717) is 30.2 Å². The Morgan fingerprint density at radius 1 is 0.724 bits per heavy atom. The van der Waals surface area contributed by atoms with Crippen LogP contribution in [0.1, 0.15) is 111 Å². The quantitative estimate of drug-likeness (QED) is 0.227. The molecule has 17 atom stereocenters. The minimum absolute atomic E-state index is 0.0481. The Kier molecular flexibility index (Phi) is 10.6. The van der Waals surface area contributed by atoms with E-state index in [1.54, 1.807) is 38.4 Å². The van der Waals surface area contributed by atoms with Gasteiger partial charge in [0.05, 0.1) is 22.9 Å². The molecule has 10 aliphatic rings. The summed E-state index contributed by atoms with van der Waals surface area (Å²) in [4.78, 5) is 38.7. The Morgan fingerprint density at radius 2 is 1.21 bits per heavy atom. The van der Waals surface area contributed by atoms with Gasteiger partial charge in [-0.2, -0.15) is 0 Å². The predicted molar refractivity (Wildman–Crippen MR) is 209 cm³/mol. The number of hydrogen-bond donors (Lipinski definition) is 0. The second kappa shape index (κ2) is 14.9. The third-order valence-corrected chi connectivity index (χ3v) is 18.1. The highest BCUT2D eigenvalue weighted by molar-refractivity contribution is 7.91. The minimum Gasteiger partial charge on any atom is -0.445 e. The Balaban J connectivity index is 1.01. The zero-order valence-corrected chi connectivity index (χ0v) is 36.4. The highest BCUT2D eigenvalue weighted by atomic mass is 32.2. The van der Waals surface area contributed by atoms with Crippen molar-refractivity contribution in [3.8, 4) is 0 Å². The van der Waals surface area contributed by atoms with Crippen LogP contribution in [0.5, 0.6) is 0 Å². The van der Waals surface area contributed by atoms with E-state index in [1.165, 1.54) is 4.90 Å². The summed E-state index contributed by atoms with van der Waals surface area (Å²) in [5.41, 5.74) is -0.698. The van der Waals surface area contributed by atoms with Crippen LogP contribution in [0.15, 0.2) is 29.2 Å². The van der Waals surface area contributed by atoms with Gasteiger partial charge in [0.15, 0.2) is 33.6 Å². The van der Waals surface area contributed by atoms with E-state index in [9.17, 15) is 13.2 Å². The number of fused-ring (bicyclic) bond motifs is 4. The number of amides is 1. The van der Waals surface area contributed by atoms with Gasteiger partial charge in [0, 0.05) is 38.8 Å². The van der Waals surface area contributed by atoms with Gasteiger partial charge in [-0.3, -0.25) is 0 Å². The highest BCUT2D eigenvalue weighted by Crippen LogP contribution is 2.63. The zero-order valence-electron chi connectivity index (χ0n) is 35.6. The summed E-state index contributed by atoms with van der Waals surface area (Å²) in [5, 5.41) is 0. The Morgan fingerprint density at radius 3 is 1.67 bits per heavy atom. The van der Waals surface area contributed by atoms with Gasteiger partial charge in [-0.05, 0) is 124 Å². The summed E-state index contributed by atoms with van der Waals surface area (Å²) in [6.45, 7) is 13.0. The summed E-state index contributed by atoms with van der Waals surface area (Å²) >= 11 is 0. The van der Waals surface area contributed by atoms with Gasteiger partial charge >= 0.3 is 6.09 Å². The molecule has 8 aliphatic heterocycles. The van der Waals surface area contributed by atoms with Crippen molar-refractivity contribution in [3.05, 3.63) is 29.8 Å². The molecule has 8 saturated heterocycles. The smallest absolute Gasteiger partial charge is 0.409 e. The first kappa shape index (κ1) is 41.5. The molecule has 1 aromatic carbocycles. The van der Waals surface area contributed by atoms with Crippen LogP contribution in [0.4, 0.5) is 4.79 Å². The molecule has 14 heteroatoms. The van der Waals surface area contributed by atoms with Crippen molar-refractivity contribution < 1.29 is 56.4 Å². The van der Waals surface area contributed by atoms with Crippen LogP contribution in [0, 0.1) is 53.3 Å². The minimum atomic E-state index is -3.78. The van der Waals surface area contributed by atoms with Crippen LogP contribution in [-0.2, 0) is 59.7 Å². The number of carbonyl (C=O) groups excluding carboxylic acids is 1. The van der Waals surface area contributed by atoms with E-state index in [0.717, 1.165) is 51.4 Å². The Hall–Kier alpha value is -1.88. The SMILES string of the molecule is C[C@@H]1CC[C@H]2[C@@H](C)C(CC(CC3O[C@@H]4O[C@]5(C)CC[C@@H]6[C@@H](C)CC[C@H]([C@@H]3C)[C@]46OO5)CS(=O)(=O)c3ccc(COC(=O)N(C)C)cc3)O[C@H]3O[C@@]4(C)CC[C@@H]1[C@]32OO4. The lowest BCUT2D eigenvalue weighted by atomic mass is 9.56. The monoisotopic (exact) mass is 831 g/mol. The summed E-state index contributed by atoms with van der Waals surface area (Å²) in [5.74, 6) is -0.463. The Bertz CT molecular complexity index is 1730. The van der Waals surface area contributed by atoms with Gasteiger partial charge in [0.1, 0.15) is 6.61 Å². The van der Waals surface area contributed by atoms with Crippen LogP contribution in [0.2, 0.25) is 0 Å². The molecular weight excluding hydrogens is 767 g/mol. The average molecular weight is 832 g/mol. The third-order valence-electron chi connectivity index (χ3n) is 16.2. The second-order valence-corrected chi connectivity index (χ2v) is 22.1. The van der Waals surface area contributed by atoms with Crippen LogP contribution in [0.3, 0.4) is 0 Å². The maximum atomic E-state index is 14.5. The third kappa shape index (κ3) is 6.78. The first-order valence-corrected chi connectivity index (χ1v) is 23.7. The van der Waals surface area contributed by atoms with Crippen molar-refractivity contribution in [2.24, 2.45) is 53.3 Å². The molecule has 2 aliphatic carbocycles. The number of sulfone groups is 1. The normalized spacial score (nSPS) is 47.2.